The van der Waals surface area contributed by atoms with Crippen LogP contribution in [0.15, 0.2) is 18.3 Å². The van der Waals surface area contributed by atoms with Crippen molar-refractivity contribution in [1.82, 2.24) is 10.3 Å². The van der Waals surface area contributed by atoms with E-state index in [0.29, 0.717) is 6.07 Å². The summed E-state index contributed by atoms with van der Waals surface area (Å²) in [6.07, 6.45) is -3.73. The van der Waals surface area contributed by atoms with Crippen molar-refractivity contribution in [1.29, 1.82) is 0 Å². The molecule has 0 aliphatic carbocycles. The molecule has 0 saturated heterocycles. The molecule has 1 amide bonds. The van der Waals surface area contributed by atoms with E-state index < -0.39 is 35.4 Å². The van der Waals surface area contributed by atoms with Crippen LogP contribution in [0.25, 0.3) is 0 Å². The minimum absolute atomic E-state index is 0.255. The van der Waals surface area contributed by atoms with Gasteiger partial charge in [-0.15, -0.1) is 0 Å². The van der Waals surface area contributed by atoms with Crippen LogP contribution in [0, 0.1) is 0 Å². The van der Waals surface area contributed by atoms with E-state index in [1.165, 1.54) is 0 Å². The Morgan fingerprint density at radius 1 is 1.47 bits per heavy atom. The van der Waals surface area contributed by atoms with Crippen LogP contribution < -0.4 is 5.32 Å². The van der Waals surface area contributed by atoms with E-state index in [2.05, 4.69) is 17.6 Å². The van der Waals surface area contributed by atoms with Crippen LogP contribution >= 0.6 is 12.6 Å². The molecule has 0 fully saturated rings. The van der Waals surface area contributed by atoms with E-state index in [4.69, 9.17) is 5.11 Å². The third-order valence-electron chi connectivity index (χ3n) is 2.11. The Morgan fingerprint density at radius 2 is 2.11 bits per heavy atom. The lowest BCUT2D eigenvalue weighted by molar-refractivity contribution is -0.138. The number of alkyl halides is 3. The van der Waals surface area contributed by atoms with Gasteiger partial charge in [-0.1, -0.05) is 0 Å². The number of nitrogens with zero attached hydrogens (tertiary/aromatic N) is 1. The molecule has 104 valence electrons. The molecule has 0 aliphatic heterocycles. The largest absolute Gasteiger partial charge is 0.480 e. The summed E-state index contributed by atoms with van der Waals surface area (Å²) < 4.78 is 37.9. The summed E-state index contributed by atoms with van der Waals surface area (Å²) in [4.78, 5) is 25.6. The molecule has 0 saturated carbocycles. The van der Waals surface area contributed by atoms with Gasteiger partial charge in [-0.05, 0) is 12.1 Å². The summed E-state index contributed by atoms with van der Waals surface area (Å²) in [5.74, 6) is -2.86. The molecular formula is C10H9F3N2O3S. The standard InChI is InChI=1S/C10H9F3N2O3S/c11-10(12,13)5-2-1-3-14-7(5)8(16)15-6(4-19)9(17)18/h1-3,6,19H,4H2,(H,15,16)(H,17,18)/t6-/m0/s1. The topological polar surface area (TPSA) is 79.3 Å². The highest BCUT2D eigenvalue weighted by Gasteiger charge is 2.36. The van der Waals surface area contributed by atoms with Gasteiger partial charge in [-0.2, -0.15) is 25.8 Å². The monoisotopic (exact) mass is 294 g/mol. The Balaban J connectivity index is 3.04. The van der Waals surface area contributed by atoms with E-state index >= 15 is 0 Å². The van der Waals surface area contributed by atoms with Crippen LogP contribution in [-0.4, -0.2) is 33.8 Å². The SMILES string of the molecule is O=C(N[C@@H](CS)C(=O)O)c1ncccc1C(F)(F)F. The number of carbonyl (C=O) groups excluding carboxylic acids is 1. The third-order valence-corrected chi connectivity index (χ3v) is 2.48. The Hall–Kier alpha value is -1.77. The Labute approximate surface area is 111 Å². The van der Waals surface area contributed by atoms with Gasteiger partial charge in [0.1, 0.15) is 11.7 Å². The van der Waals surface area contributed by atoms with Gasteiger partial charge in [0.25, 0.3) is 5.91 Å². The number of carbonyl (C=O) groups is 2. The molecule has 1 heterocycles. The summed E-state index contributed by atoms with van der Waals surface area (Å²) in [6.45, 7) is 0. The lowest BCUT2D eigenvalue weighted by Gasteiger charge is -2.14. The Bertz CT molecular complexity index is 493. The highest BCUT2D eigenvalue weighted by atomic mass is 32.1. The third kappa shape index (κ3) is 3.85. The molecule has 0 aliphatic rings. The summed E-state index contributed by atoms with van der Waals surface area (Å²) in [7, 11) is 0. The van der Waals surface area contributed by atoms with Crippen molar-refractivity contribution in [3.63, 3.8) is 0 Å². The number of halogens is 3. The molecule has 2 N–H and O–H groups in total. The van der Waals surface area contributed by atoms with Crippen molar-refractivity contribution in [3.8, 4) is 0 Å². The average Bonchev–Trinajstić information content (AvgIpc) is 2.34. The minimum atomic E-state index is -4.75. The van der Waals surface area contributed by atoms with Crippen molar-refractivity contribution in [3.05, 3.63) is 29.6 Å². The van der Waals surface area contributed by atoms with E-state index in [1.54, 1.807) is 0 Å². The first-order valence-electron chi connectivity index (χ1n) is 4.94. The number of pyridine rings is 1. The molecule has 0 bridgehead atoms. The fraction of sp³-hybridized carbons (Fsp3) is 0.300. The molecule has 19 heavy (non-hydrogen) atoms. The first-order valence-corrected chi connectivity index (χ1v) is 5.57. The van der Waals surface area contributed by atoms with Crippen LogP contribution in [0.1, 0.15) is 16.1 Å². The van der Waals surface area contributed by atoms with E-state index in [0.717, 1.165) is 12.3 Å². The smallest absolute Gasteiger partial charge is 0.418 e. The highest BCUT2D eigenvalue weighted by molar-refractivity contribution is 7.80. The van der Waals surface area contributed by atoms with Gasteiger partial charge in [0.2, 0.25) is 0 Å². The first kappa shape index (κ1) is 15.3. The second-order valence-corrected chi connectivity index (χ2v) is 3.81. The van der Waals surface area contributed by atoms with E-state index in [9.17, 15) is 22.8 Å². The van der Waals surface area contributed by atoms with Gasteiger partial charge in [-0.25, -0.2) is 4.79 Å². The Morgan fingerprint density at radius 3 is 2.58 bits per heavy atom. The first-order chi connectivity index (χ1) is 8.77. The number of nitrogens with one attached hydrogen (secondary N) is 1. The number of amides is 1. The predicted octanol–water partition coefficient (Wildman–Crippen LogP) is 1.21. The highest BCUT2D eigenvalue weighted by Crippen LogP contribution is 2.30. The zero-order valence-electron chi connectivity index (χ0n) is 9.31. The number of carboxylic acids is 1. The van der Waals surface area contributed by atoms with Crippen LogP contribution in [0.3, 0.4) is 0 Å². The molecule has 0 radical (unpaired) electrons. The maximum Gasteiger partial charge on any atom is 0.418 e. The molecular weight excluding hydrogens is 285 g/mol. The molecule has 1 atom stereocenters. The molecule has 5 nitrogen and oxygen atoms in total. The van der Waals surface area contributed by atoms with Gasteiger partial charge < -0.3 is 10.4 Å². The lowest BCUT2D eigenvalue weighted by atomic mass is 10.1. The molecule has 1 aromatic rings. The number of aromatic nitrogens is 1. The number of aliphatic carboxylic acids is 1. The summed E-state index contributed by atoms with van der Waals surface area (Å²) >= 11 is 3.69. The molecule has 1 aromatic heterocycles. The summed E-state index contributed by atoms with van der Waals surface area (Å²) in [6, 6.07) is 0.338. The maximum atomic E-state index is 12.6. The quantitative estimate of drug-likeness (QED) is 0.729. The van der Waals surface area contributed by atoms with E-state index in [-0.39, 0.29) is 5.75 Å². The van der Waals surface area contributed by atoms with Gasteiger partial charge in [0.05, 0.1) is 5.56 Å². The number of carboxylic acid groups (broad SMARTS) is 1. The van der Waals surface area contributed by atoms with Gasteiger partial charge in [-0.3, -0.25) is 9.78 Å². The summed E-state index contributed by atoms with van der Waals surface area (Å²) in [5, 5.41) is 10.6. The van der Waals surface area contributed by atoms with Crippen LogP contribution in [0.5, 0.6) is 0 Å². The fourth-order valence-corrected chi connectivity index (χ4v) is 1.47. The van der Waals surface area contributed by atoms with Gasteiger partial charge in [0.15, 0.2) is 0 Å². The maximum absolute atomic E-state index is 12.6. The fourth-order valence-electron chi connectivity index (χ4n) is 1.23. The molecule has 1 rings (SSSR count). The number of hydrogen-bond acceptors (Lipinski definition) is 4. The minimum Gasteiger partial charge on any atom is -0.480 e. The second kappa shape index (κ2) is 5.91. The second-order valence-electron chi connectivity index (χ2n) is 3.44. The molecule has 0 unspecified atom stereocenters. The molecule has 0 spiro atoms. The van der Waals surface area contributed by atoms with Crippen LogP contribution in [-0.2, 0) is 11.0 Å². The normalized spacial score (nSPS) is 12.8. The summed E-state index contributed by atoms with van der Waals surface area (Å²) in [5.41, 5.74) is -2.10. The van der Waals surface area contributed by atoms with E-state index in [1.807, 2.05) is 5.32 Å². The van der Waals surface area contributed by atoms with Crippen molar-refractivity contribution in [2.24, 2.45) is 0 Å². The number of thiol groups is 1. The van der Waals surface area contributed by atoms with Crippen molar-refractivity contribution >= 4 is 24.5 Å². The predicted molar refractivity (Wildman–Crippen MR) is 62.0 cm³/mol. The van der Waals surface area contributed by atoms with Crippen LogP contribution in [0.4, 0.5) is 13.2 Å². The Kier molecular flexibility index (Phi) is 4.76. The van der Waals surface area contributed by atoms with Crippen molar-refractivity contribution in [2.75, 3.05) is 5.75 Å². The average molecular weight is 294 g/mol. The lowest BCUT2D eigenvalue weighted by Crippen LogP contribution is -2.43. The zero-order chi connectivity index (χ0) is 14.6. The van der Waals surface area contributed by atoms with Crippen molar-refractivity contribution < 1.29 is 27.9 Å². The van der Waals surface area contributed by atoms with Gasteiger partial charge in [0, 0.05) is 11.9 Å². The zero-order valence-corrected chi connectivity index (χ0v) is 10.2. The number of hydrogen-bond donors (Lipinski definition) is 3. The number of rotatable bonds is 4. The molecule has 9 heteroatoms. The van der Waals surface area contributed by atoms with Crippen molar-refractivity contribution in [2.45, 2.75) is 12.2 Å². The molecule has 0 aromatic carbocycles. The van der Waals surface area contributed by atoms with Gasteiger partial charge >= 0.3 is 12.1 Å². The van der Waals surface area contributed by atoms with Crippen LogP contribution in [0.2, 0.25) is 0 Å².